The van der Waals surface area contributed by atoms with E-state index in [4.69, 9.17) is 4.74 Å². The molecule has 3 heterocycles. The van der Waals surface area contributed by atoms with Gasteiger partial charge < -0.3 is 15.0 Å². The van der Waals surface area contributed by atoms with E-state index in [2.05, 4.69) is 46.4 Å². The molecule has 0 unspecified atom stereocenters. The minimum Gasteiger partial charge on any atom is -0.381 e. The van der Waals surface area contributed by atoms with Crippen molar-refractivity contribution in [3.8, 4) is 0 Å². The van der Waals surface area contributed by atoms with Crippen LogP contribution in [-0.4, -0.2) is 36.7 Å². The molecule has 0 radical (unpaired) electrons. The maximum atomic E-state index is 13.4. The molecule has 2 aliphatic rings. The molecular formula is C27H35N3O2. The number of allylic oxidation sites excluding steroid dienone is 2. The molecule has 170 valence electrons. The maximum Gasteiger partial charge on any atom is 0.251 e. The third-order valence-electron chi connectivity index (χ3n) is 6.72. The lowest BCUT2D eigenvalue weighted by Crippen LogP contribution is -2.40. The Morgan fingerprint density at radius 2 is 1.97 bits per heavy atom. The number of carbonyl (C=O) groups is 1. The normalized spacial score (nSPS) is 18.5. The fraction of sp³-hybridized carbons (Fsp3) is 0.481. The van der Waals surface area contributed by atoms with Crippen molar-refractivity contribution in [2.45, 2.75) is 65.5 Å². The third-order valence-corrected chi connectivity index (χ3v) is 6.72. The number of nitrogens with one attached hydrogen (secondary N) is 1. The first-order chi connectivity index (χ1) is 15.6. The van der Waals surface area contributed by atoms with E-state index in [-0.39, 0.29) is 5.91 Å². The monoisotopic (exact) mass is 433 g/mol. The van der Waals surface area contributed by atoms with Crippen LogP contribution in [0, 0.1) is 13.8 Å². The zero-order valence-electron chi connectivity index (χ0n) is 19.6. The second-order valence-electron chi connectivity index (χ2n) is 8.82. The Hall–Kier alpha value is -2.66. The summed E-state index contributed by atoms with van der Waals surface area (Å²) in [6.45, 7) is 9.33. The molecule has 32 heavy (non-hydrogen) atoms. The van der Waals surface area contributed by atoms with Gasteiger partial charge in [-0.3, -0.25) is 9.78 Å². The van der Waals surface area contributed by atoms with Gasteiger partial charge in [0.1, 0.15) is 0 Å². The van der Waals surface area contributed by atoms with Crippen molar-refractivity contribution in [3.05, 3.63) is 70.1 Å². The number of benzene rings is 1. The smallest absolute Gasteiger partial charge is 0.251 e. The molecule has 0 spiro atoms. The zero-order chi connectivity index (χ0) is 22.5. The molecule has 1 aromatic heterocycles. The van der Waals surface area contributed by atoms with Crippen LogP contribution < -0.4 is 10.2 Å². The number of carbonyl (C=O) groups excluding carboxylic acids is 1. The number of nitrogens with zero attached hydrogens (tertiary/aromatic N) is 2. The fourth-order valence-electron chi connectivity index (χ4n) is 5.12. The summed E-state index contributed by atoms with van der Waals surface area (Å²) in [5.41, 5.74) is 7.55. The van der Waals surface area contributed by atoms with Gasteiger partial charge >= 0.3 is 0 Å². The topological polar surface area (TPSA) is 54.5 Å². The molecule has 0 bridgehead atoms. The summed E-state index contributed by atoms with van der Waals surface area (Å²) in [5, 5.41) is 3.20. The summed E-state index contributed by atoms with van der Waals surface area (Å²) in [6.07, 6.45) is 9.27. The minimum atomic E-state index is -0.00946. The van der Waals surface area contributed by atoms with Crippen LogP contribution in [0.25, 0.3) is 0 Å². The van der Waals surface area contributed by atoms with Gasteiger partial charge in [0, 0.05) is 55.0 Å². The van der Waals surface area contributed by atoms with Gasteiger partial charge in [-0.15, -0.1) is 0 Å². The highest BCUT2D eigenvalue weighted by Gasteiger charge is 2.25. The molecule has 4 rings (SSSR count). The van der Waals surface area contributed by atoms with Crippen LogP contribution in [0.5, 0.6) is 0 Å². The highest BCUT2D eigenvalue weighted by atomic mass is 16.5. The second kappa shape index (κ2) is 10.3. The van der Waals surface area contributed by atoms with Crippen molar-refractivity contribution in [2.24, 2.45) is 0 Å². The molecule has 5 nitrogen and oxygen atoms in total. The number of rotatable bonds is 3. The van der Waals surface area contributed by atoms with Crippen LogP contribution in [0.3, 0.4) is 0 Å². The largest absolute Gasteiger partial charge is 0.381 e. The van der Waals surface area contributed by atoms with Crippen LogP contribution in [0.4, 0.5) is 5.69 Å². The number of aryl methyl sites for hydroxylation is 3. The predicted octanol–water partition coefficient (Wildman–Crippen LogP) is 4.68. The van der Waals surface area contributed by atoms with Crippen LogP contribution in [-0.2, 0) is 24.1 Å². The Bertz CT molecular complexity index is 993. The van der Waals surface area contributed by atoms with E-state index >= 15 is 0 Å². The van der Waals surface area contributed by atoms with Gasteiger partial charge in [0.2, 0.25) is 0 Å². The van der Waals surface area contributed by atoms with Crippen molar-refractivity contribution in [1.29, 1.82) is 0 Å². The van der Waals surface area contributed by atoms with E-state index in [1.54, 1.807) is 0 Å². The van der Waals surface area contributed by atoms with Crippen molar-refractivity contribution in [3.63, 3.8) is 0 Å². The number of anilines is 1. The Balaban J connectivity index is 1.69. The fourth-order valence-corrected chi connectivity index (χ4v) is 5.12. The summed E-state index contributed by atoms with van der Waals surface area (Å²) in [6, 6.07) is 8.78. The molecular weight excluding hydrogens is 398 g/mol. The van der Waals surface area contributed by atoms with Gasteiger partial charge in [0.05, 0.1) is 0 Å². The van der Waals surface area contributed by atoms with Crippen LogP contribution in [0.15, 0.2) is 36.4 Å². The average molecular weight is 434 g/mol. The summed E-state index contributed by atoms with van der Waals surface area (Å²) in [4.78, 5) is 20.5. The number of hydrogen-bond acceptors (Lipinski definition) is 4. The molecule has 1 saturated heterocycles. The summed E-state index contributed by atoms with van der Waals surface area (Å²) in [7, 11) is 0. The zero-order valence-corrected chi connectivity index (χ0v) is 19.6. The summed E-state index contributed by atoms with van der Waals surface area (Å²) < 4.78 is 5.59. The van der Waals surface area contributed by atoms with E-state index in [0.29, 0.717) is 12.6 Å². The van der Waals surface area contributed by atoms with Gasteiger partial charge in [-0.1, -0.05) is 18.2 Å². The molecule has 0 aliphatic carbocycles. The predicted molar refractivity (Wildman–Crippen MR) is 129 cm³/mol. The standard InChI is InChI=1S/C27H35N3O2/c1-4-30(22-13-15-32-16-14-22)26-12-8-11-24-23(26)10-7-5-6-9-21-17-19(2)29-20(3)25(21)18-28-27(24)31/h5,7-8,11-12,17,22H,4,6,9-10,13-16,18H2,1-3H3,(H,28,31)/b7-5-. The first kappa shape index (κ1) is 22.5. The highest BCUT2D eigenvalue weighted by molar-refractivity contribution is 5.97. The molecule has 1 N–H and O–H groups in total. The molecule has 1 aromatic carbocycles. The number of fused-ring (bicyclic) bond motifs is 2. The van der Waals surface area contributed by atoms with Gasteiger partial charge in [0.15, 0.2) is 0 Å². The molecule has 1 amide bonds. The van der Waals surface area contributed by atoms with Gasteiger partial charge in [-0.2, -0.15) is 0 Å². The second-order valence-corrected chi connectivity index (χ2v) is 8.82. The third kappa shape index (κ3) is 4.88. The van der Waals surface area contributed by atoms with Gasteiger partial charge in [0.25, 0.3) is 5.91 Å². The lowest BCUT2D eigenvalue weighted by Gasteiger charge is -2.37. The quantitative estimate of drug-likeness (QED) is 0.714. The van der Waals surface area contributed by atoms with E-state index in [1.807, 2.05) is 26.0 Å². The molecule has 5 heteroatoms. The van der Waals surface area contributed by atoms with Crippen molar-refractivity contribution in [1.82, 2.24) is 10.3 Å². The van der Waals surface area contributed by atoms with E-state index in [0.717, 1.165) is 79.9 Å². The SMILES string of the molecule is CCN(c1cccc2c1C/C=C\CCc1cc(C)nc(C)c1CNC2=O)C1CCOCC1. The molecule has 1 fully saturated rings. The van der Waals surface area contributed by atoms with Gasteiger partial charge in [-0.05, 0) is 87.8 Å². The lowest BCUT2D eigenvalue weighted by atomic mass is 9.96. The van der Waals surface area contributed by atoms with E-state index in [9.17, 15) is 4.79 Å². The number of amides is 1. The highest BCUT2D eigenvalue weighted by Crippen LogP contribution is 2.30. The average Bonchev–Trinajstić information content (AvgIpc) is 2.79. The maximum absolute atomic E-state index is 13.4. The van der Waals surface area contributed by atoms with Crippen molar-refractivity contribution < 1.29 is 9.53 Å². The summed E-state index contributed by atoms with van der Waals surface area (Å²) in [5.74, 6) is -0.00946. The van der Waals surface area contributed by atoms with Crippen LogP contribution >= 0.6 is 0 Å². The van der Waals surface area contributed by atoms with E-state index < -0.39 is 0 Å². The Labute approximate surface area is 191 Å². The number of aromatic nitrogens is 1. The molecule has 2 aliphatic heterocycles. The van der Waals surface area contributed by atoms with Crippen LogP contribution in [0.1, 0.15) is 64.6 Å². The number of hydrogen-bond donors (Lipinski definition) is 1. The van der Waals surface area contributed by atoms with Crippen LogP contribution in [0.2, 0.25) is 0 Å². The molecule has 0 atom stereocenters. The first-order valence-corrected chi connectivity index (χ1v) is 11.9. The number of ether oxygens (including phenoxy) is 1. The minimum absolute atomic E-state index is 0.00946. The molecule has 0 saturated carbocycles. The Kier molecular flexibility index (Phi) is 7.26. The van der Waals surface area contributed by atoms with Gasteiger partial charge in [-0.25, -0.2) is 0 Å². The van der Waals surface area contributed by atoms with Crippen molar-refractivity contribution in [2.75, 3.05) is 24.7 Å². The van der Waals surface area contributed by atoms with Crippen molar-refractivity contribution >= 4 is 11.6 Å². The lowest BCUT2D eigenvalue weighted by molar-refractivity contribution is 0.0845. The number of pyridine rings is 1. The summed E-state index contributed by atoms with van der Waals surface area (Å²) >= 11 is 0. The molecule has 2 aromatic rings. The Morgan fingerprint density at radius 1 is 1.16 bits per heavy atom. The van der Waals surface area contributed by atoms with E-state index in [1.165, 1.54) is 11.3 Å². The Morgan fingerprint density at radius 3 is 2.75 bits per heavy atom. The first-order valence-electron chi connectivity index (χ1n) is 11.9.